The second-order valence-corrected chi connectivity index (χ2v) is 7.61. The van der Waals surface area contributed by atoms with Gasteiger partial charge in [0.1, 0.15) is 5.03 Å². The Morgan fingerprint density at radius 2 is 1.92 bits per heavy atom. The fourth-order valence-electron chi connectivity index (χ4n) is 2.73. The van der Waals surface area contributed by atoms with Crippen molar-refractivity contribution >= 4 is 28.7 Å². The van der Waals surface area contributed by atoms with E-state index in [9.17, 15) is 0 Å². The standard InChI is InChI=1S/C18H14N4O2S2/c1-7-23-14-3-2-13(10-15(14)24-8-1)26-17-5-4-16-19-20-18(22(16)21-17)12-6-9-25-11-12/h2-6,9-11H,1,7-8H2. The van der Waals surface area contributed by atoms with Gasteiger partial charge in [0.2, 0.25) is 0 Å². The van der Waals surface area contributed by atoms with E-state index < -0.39 is 0 Å². The lowest BCUT2D eigenvalue weighted by Crippen LogP contribution is -1.97. The molecular weight excluding hydrogens is 368 g/mol. The first-order valence-corrected chi connectivity index (χ1v) is 9.95. The third-order valence-electron chi connectivity index (χ3n) is 3.96. The van der Waals surface area contributed by atoms with Gasteiger partial charge in [-0.05, 0) is 41.8 Å². The Morgan fingerprint density at radius 1 is 1.00 bits per heavy atom. The van der Waals surface area contributed by atoms with Crippen LogP contribution in [0.3, 0.4) is 0 Å². The minimum Gasteiger partial charge on any atom is -0.490 e. The zero-order chi connectivity index (χ0) is 17.3. The van der Waals surface area contributed by atoms with E-state index in [4.69, 9.17) is 14.6 Å². The quantitative estimate of drug-likeness (QED) is 0.530. The van der Waals surface area contributed by atoms with Gasteiger partial charge in [-0.1, -0.05) is 11.8 Å². The fraction of sp³-hybridized carbons (Fsp3) is 0.167. The molecule has 1 aliphatic rings. The van der Waals surface area contributed by atoms with Crippen LogP contribution in [0.5, 0.6) is 11.5 Å². The van der Waals surface area contributed by atoms with Crippen LogP contribution < -0.4 is 9.47 Å². The van der Waals surface area contributed by atoms with Gasteiger partial charge in [0, 0.05) is 22.3 Å². The first-order valence-electron chi connectivity index (χ1n) is 8.19. The normalized spacial score (nSPS) is 13.7. The Balaban J connectivity index is 1.48. The maximum absolute atomic E-state index is 5.77. The SMILES string of the molecule is c1cc(-c2nnc3ccc(Sc4ccc5c(c4)OCCCO5)nn23)cs1. The van der Waals surface area contributed by atoms with E-state index in [1.807, 2.05) is 47.2 Å². The van der Waals surface area contributed by atoms with Gasteiger partial charge in [0.15, 0.2) is 23.0 Å². The smallest absolute Gasteiger partial charge is 0.186 e. The number of thiophene rings is 1. The Morgan fingerprint density at radius 3 is 2.81 bits per heavy atom. The molecule has 1 aliphatic heterocycles. The van der Waals surface area contributed by atoms with E-state index in [0.717, 1.165) is 44.9 Å². The second-order valence-electron chi connectivity index (χ2n) is 5.74. The molecule has 5 rings (SSSR count). The molecule has 6 nitrogen and oxygen atoms in total. The lowest BCUT2D eigenvalue weighted by Gasteiger charge is -2.09. The number of rotatable bonds is 3. The molecule has 26 heavy (non-hydrogen) atoms. The highest BCUT2D eigenvalue weighted by molar-refractivity contribution is 7.99. The minimum absolute atomic E-state index is 0.677. The summed E-state index contributed by atoms with van der Waals surface area (Å²) in [5, 5.41) is 18.1. The van der Waals surface area contributed by atoms with Crippen molar-refractivity contribution < 1.29 is 9.47 Å². The number of aromatic nitrogens is 4. The molecule has 0 N–H and O–H groups in total. The molecule has 0 saturated heterocycles. The zero-order valence-electron chi connectivity index (χ0n) is 13.7. The van der Waals surface area contributed by atoms with Crippen molar-refractivity contribution in [2.75, 3.05) is 13.2 Å². The summed E-state index contributed by atoms with van der Waals surface area (Å²) in [4.78, 5) is 1.05. The van der Waals surface area contributed by atoms with Crippen molar-refractivity contribution in [1.29, 1.82) is 0 Å². The van der Waals surface area contributed by atoms with Crippen LogP contribution in [0, 0.1) is 0 Å². The van der Waals surface area contributed by atoms with Crippen molar-refractivity contribution in [1.82, 2.24) is 19.8 Å². The molecule has 8 heteroatoms. The topological polar surface area (TPSA) is 61.5 Å². The number of nitrogens with zero attached hydrogens (tertiary/aromatic N) is 4. The Labute approximate surface area is 157 Å². The van der Waals surface area contributed by atoms with Crippen LogP contribution in [0.2, 0.25) is 0 Å². The van der Waals surface area contributed by atoms with E-state index in [0.29, 0.717) is 13.2 Å². The predicted molar refractivity (Wildman–Crippen MR) is 100 cm³/mol. The van der Waals surface area contributed by atoms with Gasteiger partial charge in [-0.3, -0.25) is 0 Å². The van der Waals surface area contributed by atoms with Gasteiger partial charge < -0.3 is 9.47 Å². The summed E-state index contributed by atoms with van der Waals surface area (Å²) in [6.07, 6.45) is 0.897. The molecule has 0 fully saturated rings. The highest BCUT2D eigenvalue weighted by Gasteiger charge is 2.13. The summed E-state index contributed by atoms with van der Waals surface area (Å²) in [6.45, 7) is 1.37. The summed E-state index contributed by atoms with van der Waals surface area (Å²) in [5.74, 6) is 2.34. The maximum Gasteiger partial charge on any atom is 0.186 e. The molecule has 1 aromatic carbocycles. The van der Waals surface area contributed by atoms with E-state index in [2.05, 4.69) is 10.2 Å². The van der Waals surface area contributed by atoms with Gasteiger partial charge >= 0.3 is 0 Å². The largest absolute Gasteiger partial charge is 0.490 e. The van der Waals surface area contributed by atoms with Gasteiger partial charge in [0.05, 0.1) is 13.2 Å². The van der Waals surface area contributed by atoms with E-state index in [1.165, 1.54) is 0 Å². The molecule has 0 atom stereocenters. The molecule has 4 heterocycles. The van der Waals surface area contributed by atoms with Crippen LogP contribution in [-0.4, -0.2) is 33.0 Å². The Hall–Kier alpha value is -2.58. The molecule has 0 spiro atoms. The maximum atomic E-state index is 5.77. The molecule has 0 radical (unpaired) electrons. The molecule has 0 aliphatic carbocycles. The molecule has 0 unspecified atom stereocenters. The number of benzene rings is 1. The summed E-state index contributed by atoms with van der Waals surface area (Å²) in [7, 11) is 0. The first kappa shape index (κ1) is 15.7. The van der Waals surface area contributed by atoms with Crippen molar-refractivity contribution in [3.8, 4) is 22.9 Å². The highest BCUT2D eigenvalue weighted by atomic mass is 32.2. The van der Waals surface area contributed by atoms with E-state index >= 15 is 0 Å². The fourth-order valence-corrected chi connectivity index (χ4v) is 4.16. The summed E-state index contributed by atoms with van der Waals surface area (Å²) in [5.41, 5.74) is 1.75. The van der Waals surface area contributed by atoms with Gasteiger partial charge in [-0.25, -0.2) is 0 Å². The van der Waals surface area contributed by atoms with E-state index in [-0.39, 0.29) is 0 Å². The molecule has 130 valence electrons. The molecule has 0 bridgehead atoms. The Kier molecular flexibility index (Phi) is 3.99. The average molecular weight is 382 g/mol. The van der Waals surface area contributed by atoms with Crippen molar-refractivity contribution in [2.45, 2.75) is 16.3 Å². The molecule has 3 aromatic heterocycles. The van der Waals surface area contributed by atoms with Crippen molar-refractivity contribution in [3.05, 3.63) is 47.2 Å². The van der Waals surface area contributed by atoms with Crippen LogP contribution in [0.4, 0.5) is 0 Å². The summed E-state index contributed by atoms with van der Waals surface area (Å²) >= 11 is 3.20. The van der Waals surface area contributed by atoms with Gasteiger partial charge in [-0.15, -0.1) is 10.2 Å². The van der Waals surface area contributed by atoms with Crippen molar-refractivity contribution in [3.63, 3.8) is 0 Å². The van der Waals surface area contributed by atoms with Crippen LogP contribution >= 0.6 is 23.1 Å². The number of hydrogen-bond donors (Lipinski definition) is 0. The van der Waals surface area contributed by atoms with E-state index in [1.54, 1.807) is 27.6 Å². The summed E-state index contributed by atoms with van der Waals surface area (Å²) in [6, 6.07) is 11.9. The van der Waals surface area contributed by atoms with Crippen LogP contribution in [0.15, 0.2) is 57.1 Å². The van der Waals surface area contributed by atoms with Crippen molar-refractivity contribution in [2.24, 2.45) is 0 Å². The van der Waals surface area contributed by atoms with Crippen LogP contribution in [0.25, 0.3) is 17.0 Å². The third kappa shape index (κ3) is 2.91. The van der Waals surface area contributed by atoms with Gasteiger partial charge in [-0.2, -0.15) is 21.0 Å². The molecular formula is C18H14N4O2S2. The number of hydrogen-bond acceptors (Lipinski definition) is 7. The molecule has 0 saturated carbocycles. The summed E-state index contributed by atoms with van der Waals surface area (Å²) < 4.78 is 13.2. The Bertz CT molecular complexity index is 1060. The molecule has 0 amide bonds. The zero-order valence-corrected chi connectivity index (χ0v) is 15.3. The first-order chi connectivity index (χ1) is 12.9. The average Bonchev–Trinajstić information content (AvgIpc) is 3.26. The lowest BCUT2D eigenvalue weighted by atomic mass is 10.3. The minimum atomic E-state index is 0.677. The van der Waals surface area contributed by atoms with Crippen LogP contribution in [0.1, 0.15) is 6.42 Å². The second kappa shape index (κ2) is 6.62. The van der Waals surface area contributed by atoms with Gasteiger partial charge in [0.25, 0.3) is 0 Å². The monoisotopic (exact) mass is 382 g/mol. The number of fused-ring (bicyclic) bond motifs is 2. The molecule has 4 aromatic rings. The number of ether oxygens (including phenoxy) is 2. The third-order valence-corrected chi connectivity index (χ3v) is 5.56. The highest BCUT2D eigenvalue weighted by Crippen LogP contribution is 2.36. The predicted octanol–water partition coefficient (Wildman–Crippen LogP) is 4.17. The lowest BCUT2D eigenvalue weighted by molar-refractivity contribution is 0.297. The van der Waals surface area contributed by atoms with Crippen LogP contribution in [-0.2, 0) is 0 Å².